The number of rotatable bonds is 5. The first-order valence-electron chi connectivity index (χ1n) is 8.38. The average Bonchev–Trinajstić information content (AvgIpc) is 2.61. The van der Waals surface area contributed by atoms with Gasteiger partial charge in [-0.2, -0.15) is 0 Å². The van der Waals surface area contributed by atoms with Crippen LogP contribution in [-0.2, 0) is 20.9 Å². The van der Waals surface area contributed by atoms with Gasteiger partial charge in [0.1, 0.15) is 6.61 Å². The van der Waals surface area contributed by atoms with Gasteiger partial charge in [-0.15, -0.1) is 0 Å². The maximum Gasteiger partial charge on any atom is 0.333 e. The van der Waals surface area contributed by atoms with Crippen LogP contribution < -0.4 is 5.32 Å². The van der Waals surface area contributed by atoms with Crippen molar-refractivity contribution in [3.05, 3.63) is 35.9 Å². The van der Waals surface area contributed by atoms with Crippen molar-refractivity contribution in [3.63, 3.8) is 0 Å². The summed E-state index contributed by atoms with van der Waals surface area (Å²) in [6, 6.07) is 9.64. The van der Waals surface area contributed by atoms with Crippen LogP contribution >= 0.6 is 0 Å². The zero-order valence-corrected chi connectivity index (χ0v) is 13.6. The van der Waals surface area contributed by atoms with Crippen LogP contribution in [0.1, 0.15) is 31.7 Å². The Morgan fingerprint density at radius 3 is 2.52 bits per heavy atom. The van der Waals surface area contributed by atoms with Crippen molar-refractivity contribution in [1.29, 1.82) is 0 Å². The summed E-state index contributed by atoms with van der Waals surface area (Å²) in [5.74, 6) is -0.209. The fraction of sp³-hybridized carbons (Fsp3) is 0.556. The van der Waals surface area contributed by atoms with E-state index in [-0.39, 0.29) is 24.4 Å². The number of piperidine rings is 3. The van der Waals surface area contributed by atoms with Crippen molar-refractivity contribution < 1.29 is 14.3 Å². The van der Waals surface area contributed by atoms with Crippen LogP contribution in [0.4, 0.5) is 0 Å². The molecule has 3 saturated heterocycles. The lowest BCUT2D eigenvalue weighted by molar-refractivity contribution is -0.164. The van der Waals surface area contributed by atoms with E-state index >= 15 is 0 Å². The van der Waals surface area contributed by atoms with E-state index < -0.39 is 5.54 Å². The van der Waals surface area contributed by atoms with E-state index in [0.29, 0.717) is 13.0 Å². The highest BCUT2D eigenvalue weighted by Gasteiger charge is 2.53. The molecule has 3 fully saturated rings. The molecule has 1 atom stereocenters. The first-order valence-corrected chi connectivity index (χ1v) is 8.38. The van der Waals surface area contributed by atoms with Crippen LogP contribution in [-0.4, -0.2) is 41.9 Å². The van der Waals surface area contributed by atoms with Gasteiger partial charge >= 0.3 is 5.97 Å². The number of esters is 1. The molecule has 0 aliphatic carbocycles. The normalized spacial score (nSPS) is 29.1. The molecule has 23 heavy (non-hydrogen) atoms. The Morgan fingerprint density at radius 1 is 1.26 bits per heavy atom. The van der Waals surface area contributed by atoms with E-state index in [0.717, 1.165) is 31.5 Å². The molecule has 3 aliphatic heterocycles. The van der Waals surface area contributed by atoms with Crippen LogP contribution in [0.2, 0.25) is 0 Å². The number of fused-ring (bicyclic) bond motifs is 3. The van der Waals surface area contributed by atoms with E-state index in [1.807, 2.05) is 30.3 Å². The fourth-order valence-corrected chi connectivity index (χ4v) is 3.68. The third-order valence-electron chi connectivity index (χ3n) is 5.02. The summed E-state index contributed by atoms with van der Waals surface area (Å²) < 4.78 is 5.59. The molecule has 1 aromatic carbocycles. The summed E-state index contributed by atoms with van der Waals surface area (Å²) in [5, 5.41) is 2.99. The number of hydrogen-bond donors (Lipinski definition) is 1. The molecule has 5 nitrogen and oxygen atoms in total. The molecule has 1 amide bonds. The Bertz CT molecular complexity index is 567. The fourth-order valence-electron chi connectivity index (χ4n) is 3.68. The molecule has 0 aromatic heterocycles. The van der Waals surface area contributed by atoms with Crippen LogP contribution in [0.3, 0.4) is 0 Å². The Balaban J connectivity index is 1.75. The van der Waals surface area contributed by atoms with Crippen molar-refractivity contribution in [1.82, 2.24) is 10.2 Å². The van der Waals surface area contributed by atoms with Crippen molar-refractivity contribution in [2.75, 3.05) is 19.6 Å². The molecule has 1 N–H and O–H groups in total. The maximum absolute atomic E-state index is 12.9. The summed E-state index contributed by atoms with van der Waals surface area (Å²) in [5.41, 5.74) is 0.0809. The highest BCUT2D eigenvalue weighted by molar-refractivity contribution is 5.89. The largest absolute Gasteiger partial charge is 0.459 e. The van der Waals surface area contributed by atoms with E-state index in [1.165, 1.54) is 0 Å². The molecule has 1 unspecified atom stereocenters. The van der Waals surface area contributed by atoms with Gasteiger partial charge in [0, 0.05) is 13.0 Å². The second-order valence-corrected chi connectivity index (χ2v) is 6.49. The Kier molecular flexibility index (Phi) is 4.66. The summed E-state index contributed by atoms with van der Waals surface area (Å²) in [6.45, 7) is 4.62. The number of hydrogen-bond acceptors (Lipinski definition) is 4. The minimum atomic E-state index is -0.877. The number of amides is 1. The molecule has 0 radical (unpaired) electrons. The van der Waals surface area contributed by atoms with E-state index in [1.54, 1.807) is 6.92 Å². The third-order valence-corrected chi connectivity index (χ3v) is 5.02. The summed E-state index contributed by atoms with van der Waals surface area (Å²) >= 11 is 0. The van der Waals surface area contributed by atoms with Crippen molar-refractivity contribution >= 4 is 11.9 Å². The smallest absolute Gasteiger partial charge is 0.333 e. The first-order chi connectivity index (χ1) is 11.1. The summed E-state index contributed by atoms with van der Waals surface area (Å²) in [7, 11) is 0. The zero-order chi connectivity index (χ0) is 16.3. The van der Waals surface area contributed by atoms with Gasteiger partial charge in [0.2, 0.25) is 5.91 Å². The molecule has 5 heteroatoms. The number of ether oxygens (including phenoxy) is 1. The molecular formula is C18H24N2O3. The Labute approximate surface area is 137 Å². The predicted octanol–water partition coefficient (Wildman–Crippen LogP) is 1.72. The monoisotopic (exact) mass is 316 g/mol. The van der Waals surface area contributed by atoms with Gasteiger partial charge in [0.05, 0.1) is 0 Å². The van der Waals surface area contributed by atoms with Gasteiger partial charge in [0.15, 0.2) is 5.54 Å². The van der Waals surface area contributed by atoms with Crippen LogP contribution in [0.15, 0.2) is 30.3 Å². The maximum atomic E-state index is 12.9. The Morgan fingerprint density at radius 2 is 1.96 bits per heavy atom. The van der Waals surface area contributed by atoms with Gasteiger partial charge in [-0.1, -0.05) is 37.3 Å². The van der Waals surface area contributed by atoms with Crippen molar-refractivity contribution in [2.45, 2.75) is 38.3 Å². The standard InChI is InChI=1S/C18H24N2O3/c1-2-16(21)19-18(13-20-10-8-15(18)9-11-20)17(22)23-12-14-6-4-3-5-7-14/h3-7,15H,2,8-13H2,1H3,(H,19,21). The van der Waals surface area contributed by atoms with Gasteiger partial charge in [-0.3, -0.25) is 4.79 Å². The SMILES string of the molecule is CCC(=O)NC1(C(=O)OCc2ccccc2)CN2CCC1CC2. The van der Waals surface area contributed by atoms with Crippen molar-refractivity contribution in [3.8, 4) is 0 Å². The van der Waals surface area contributed by atoms with Crippen LogP contribution in [0.25, 0.3) is 0 Å². The molecular weight excluding hydrogens is 292 g/mol. The second-order valence-electron chi connectivity index (χ2n) is 6.49. The van der Waals surface area contributed by atoms with Gasteiger partial charge in [-0.05, 0) is 37.4 Å². The lowest BCUT2D eigenvalue weighted by Gasteiger charge is -2.51. The molecule has 1 aromatic rings. The summed E-state index contributed by atoms with van der Waals surface area (Å²) in [4.78, 5) is 27.1. The van der Waals surface area contributed by atoms with E-state index in [2.05, 4.69) is 10.2 Å². The average molecular weight is 316 g/mol. The molecule has 4 rings (SSSR count). The lowest BCUT2D eigenvalue weighted by atomic mass is 9.72. The molecule has 3 heterocycles. The van der Waals surface area contributed by atoms with Gasteiger partial charge in [-0.25, -0.2) is 4.79 Å². The molecule has 0 spiro atoms. The summed E-state index contributed by atoms with van der Waals surface area (Å²) in [6.07, 6.45) is 2.25. The molecule has 2 bridgehead atoms. The number of carbonyl (C=O) groups is 2. The number of carbonyl (C=O) groups excluding carboxylic acids is 2. The zero-order valence-electron chi connectivity index (χ0n) is 13.6. The van der Waals surface area contributed by atoms with Crippen LogP contribution in [0, 0.1) is 5.92 Å². The minimum absolute atomic E-state index is 0.0876. The van der Waals surface area contributed by atoms with Gasteiger partial charge in [0.25, 0.3) is 0 Å². The number of benzene rings is 1. The minimum Gasteiger partial charge on any atom is -0.459 e. The third kappa shape index (κ3) is 3.24. The van der Waals surface area contributed by atoms with E-state index in [9.17, 15) is 9.59 Å². The quantitative estimate of drug-likeness (QED) is 0.840. The molecule has 0 saturated carbocycles. The molecule has 124 valence electrons. The highest BCUT2D eigenvalue weighted by Crippen LogP contribution is 2.37. The molecule has 3 aliphatic rings. The van der Waals surface area contributed by atoms with Gasteiger partial charge < -0.3 is 15.0 Å². The lowest BCUT2D eigenvalue weighted by Crippen LogP contribution is -2.71. The number of nitrogens with one attached hydrogen (secondary N) is 1. The topological polar surface area (TPSA) is 58.6 Å². The predicted molar refractivity (Wildman–Crippen MR) is 86.6 cm³/mol. The second kappa shape index (κ2) is 6.71. The Hall–Kier alpha value is -1.88. The van der Waals surface area contributed by atoms with E-state index in [4.69, 9.17) is 4.74 Å². The number of nitrogens with zero attached hydrogens (tertiary/aromatic N) is 1. The van der Waals surface area contributed by atoms with Crippen molar-refractivity contribution in [2.24, 2.45) is 5.92 Å². The highest BCUT2D eigenvalue weighted by atomic mass is 16.5. The first kappa shape index (κ1) is 16.0. The van der Waals surface area contributed by atoms with Crippen LogP contribution in [0.5, 0.6) is 0 Å².